The molecule has 0 aromatic carbocycles. The van der Waals surface area contributed by atoms with Crippen molar-refractivity contribution < 1.29 is 9.21 Å². The molecule has 1 saturated heterocycles. The van der Waals surface area contributed by atoms with Gasteiger partial charge in [-0.3, -0.25) is 15.0 Å². The van der Waals surface area contributed by atoms with Crippen LogP contribution in [0.3, 0.4) is 0 Å². The first-order valence-electron chi connectivity index (χ1n) is 8.58. The Bertz CT molecular complexity index is 692. The van der Waals surface area contributed by atoms with Crippen LogP contribution >= 0.6 is 11.3 Å². The highest BCUT2D eigenvalue weighted by Crippen LogP contribution is 2.24. The average molecular weight is 347 g/mol. The lowest BCUT2D eigenvalue weighted by Crippen LogP contribution is -2.33. The van der Waals surface area contributed by atoms with Gasteiger partial charge in [-0.15, -0.1) is 11.3 Å². The lowest BCUT2D eigenvalue weighted by molar-refractivity contribution is 0.0995. The Balaban J connectivity index is 1.61. The van der Waals surface area contributed by atoms with E-state index in [1.54, 1.807) is 6.26 Å². The van der Waals surface area contributed by atoms with E-state index in [1.807, 2.05) is 25.3 Å². The Morgan fingerprint density at radius 3 is 3.12 bits per heavy atom. The summed E-state index contributed by atoms with van der Waals surface area (Å²) in [5.41, 5.74) is 1.94. The normalized spacial score (nSPS) is 18.9. The molecule has 1 unspecified atom stereocenters. The number of nitrogens with one attached hydrogen (secondary N) is 1. The van der Waals surface area contributed by atoms with E-state index in [1.165, 1.54) is 24.2 Å². The fourth-order valence-electron chi connectivity index (χ4n) is 3.21. The minimum atomic E-state index is -0.226. The Morgan fingerprint density at radius 1 is 1.54 bits per heavy atom. The van der Waals surface area contributed by atoms with Gasteiger partial charge >= 0.3 is 0 Å². The molecular formula is C18H25N3O2S. The maximum Gasteiger partial charge on any atom is 0.293 e. The van der Waals surface area contributed by atoms with Crippen LogP contribution in [0.2, 0.25) is 0 Å². The third-order valence-electron chi connectivity index (χ3n) is 4.42. The molecule has 3 rings (SSSR count). The molecule has 2 aromatic heterocycles. The minimum absolute atomic E-state index is 0.226. The number of carbonyl (C=O) groups is 1. The van der Waals surface area contributed by atoms with E-state index in [4.69, 9.17) is 4.42 Å². The van der Waals surface area contributed by atoms with Gasteiger partial charge in [0.15, 0.2) is 10.9 Å². The molecule has 1 aliphatic heterocycles. The Kier molecular flexibility index (Phi) is 5.36. The van der Waals surface area contributed by atoms with Crippen molar-refractivity contribution in [2.24, 2.45) is 5.92 Å². The highest BCUT2D eigenvalue weighted by Gasteiger charge is 2.20. The first-order chi connectivity index (χ1) is 11.5. The molecule has 0 aliphatic carbocycles. The second kappa shape index (κ2) is 7.49. The second-order valence-corrected chi connectivity index (χ2v) is 7.80. The Morgan fingerprint density at radius 2 is 2.38 bits per heavy atom. The van der Waals surface area contributed by atoms with Gasteiger partial charge in [0.05, 0.1) is 12.0 Å². The first-order valence-corrected chi connectivity index (χ1v) is 9.46. The van der Waals surface area contributed by atoms with E-state index >= 15 is 0 Å². The number of aromatic nitrogens is 1. The number of hydrogen-bond acceptors (Lipinski definition) is 5. The Hall–Kier alpha value is -1.66. The van der Waals surface area contributed by atoms with E-state index in [0.717, 1.165) is 36.8 Å². The van der Waals surface area contributed by atoms with Gasteiger partial charge in [-0.1, -0.05) is 20.8 Å². The van der Waals surface area contributed by atoms with Crippen LogP contribution in [-0.4, -0.2) is 28.9 Å². The van der Waals surface area contributed by atoms with Crippen molar-refractivity contribution in [1.82, 2.24) is 9.88 Å². The van der Waals surface area contributed by atoms with Crippen LogP contribution in [-0.2, 0) is 6.54 Å². The quantitative estimate of drug-likeness (QED) is 0.874. The zero-order valence-electron chi connectivity index (χ0n) is 14.5. The number of likely N-dealkylation sites (tertiary alicyclic amines) is 1. The number of rotatable bonds is 5. The number of amides is 1. The van der Waals surface area contributed by atoms with Crippen molar-refractivity contribution in [2.75, 3.05) is 18.4 Å². The number of carbonyl (C=O) groups excluding carboxylic acids is 1. The fraction of sp³-hybridized carbons (Fsp3) is 0.556. The molecule has 24 heavy (non-hydrogen) atoms. The highest BCUT2D eigenvalue weighted by atomic mass is 32.1. The molecule has 1 N–H and O–H groups in total. The lowest BCUT2D eigenvalue weighted by Gasteiger charge is -2.30. The van der Waals surface area contributed by atoms with E-state index in [2.05, 4.69) is 22.1 Å². The van der Waals surface area contributed by atoms with Crippen LogP contribution in [0.25, 0.3) is 0 Å². The summed E-state index contributed by atoms with van der Waals surface area (Å²) < 4.78 is 5.36. The van der Waals surface area contributed by atoms with E-state index in [-0.39, 0.29) is 11.8 Å². The van der Waals surface area contributed by atoms with Crippen molar-refractivity contribution >= 4 is 22.4 Å². The van der Waals surface area contributed by atoms with Crippen LogP contribution in [0, 0.1) is 5.92 Å². The van der Waals surface area contributed by atoms with Crippen LogP contribution in [0.1, 0.15) is 61.3 Å². The topological polar surface area (TPSA) is 58.4 Å². The number of furan rings is 1. The smallest absolute Gasteiger partial charge is 0.293 e. The predicted molar refractivity (Wildman–Crippen MR) is 96.5 cm³/mol. The lowest BCUT2D eigenvalue weighted by atomic mass is 10.0. The van der Waals surface area contributed by atoms with Crippen LogP contribution in [0.5, 0.6) is 0 Å². The molecule has 0 saturated carbocycles. The van der Waals surface area contributed by atoms with Crippen molar-refractivity contribution in [2.45, 2.75) is 46.1 Å². The van der Waals surface area contributed by atoms with Crippen LogP contribution in [0.4, 0.5) is 5.13 Å². The number of nitrogens with zero attached hydrogens (tertiary/aromatic N) is 2. The van der Waals surface area contributed by atoms with Gasteiger partial charge in [0.25, 0.3) is 5.91 Å². The van der Waals surface area contributed by atoms with Crippen molar-refractivity contribution in [3.63, 3.8) is 0 Å². The van der Waals surface area contributed by atoms with Gasteiger partial charge in [0.1, 0.15) is 0 Å². The summed E-state index contributed by atoms with van der Waals surface area (Å²) in [6.45, 7) is 9.51. The number of anilines is 1. The summed E-state index contributed by atoms with van der Waals surface area (Å²) in [5.74, 6) is 1.16. The van der Waals surface area contributed by atoms with E-state index < -0.39 is 0 Å². The van der Waals surface area contributed by atoms with Gasteiger partial charge < -0.3 is 4.42 Å². The summed E-state index contributed by atoms with van der Waals surface area (Å²) >= 11 is 1.47. The van der Waals surface area contributed by atoms with Crippen molar-refractivity contribution in [3.8, 4) is 0 Å². The predicted octanol–water partition coefficient (Wildman–Crippen LogP) is 4.34. The molecule has 0 spiro atoms. The SMILES string of the molecule is CC1CCCN(Cc2csc(NC(=O)c3occc3C(C)C)n2)C1. The number of hydrogen-bond donors (Lipinski definition) is 1. The summed E-state index contributed by atoms with van der Waals surface area (Å²) in [7, 11) is 0. The van der Waals surface area contributed by atoms with Gasteiger partial charge in [-0.05, 0) is 37.3 Å². The van der Waals surface area contributed by atoms with Crippen LogP contribution < -0.4 is 5.32 Å². The largest absolute Gasteiger partial charge is 0.459 e. The first kappa shape index (κ1) is 17.2. The number of thiazole rings is 1. The maximum absolute atomic E-state index is 12.4. The molecular weight excluding hydrogens is 322 g/mol. The summed E-state index contributed by atoms with van der Waals surface area (Å²) in [4.78, 5) is 19.4. The van der Waals surface area contributed by atoms with E-state index in [0.29, 0.717) is 10.9 Å². The number of piperidine rings is 1. The molecule has 2 aromatic rings. The maximum atomic E-state index is 12.4. The zero-order valence-corrected chi connectivity index (χ0v) is 15.4. The minimum Gasteiger partial charge on any atom is -0.459 e. The standard InChI is InChI=1S/C18H25N3O2S/c1-12(2)15-6-8-23-16(15)17(22)20-18-19-14(11-24-18)10-21-7-4-5-13(3)9-21/h6,8,11-13H,4-5,7,9-10H2,1-3H3,(H,19,20,22). The van der Waals surface area contributed by atoms with Gasteiger partial charge in [-0.25, -0.2) is 4.98 Å². The summed E-state index contributed by atoms with van der Waals surface area (Å²) in [6, 6.07) is 1.85. The monoisotopic (exact) mass is 347 g/mol. The van der Waals surface area contributed by atoms with Crippen LogP contribution in [0.15, 0.2) is 22.1 Å². The highest BCUT2D eigenvalue weighted by molar-refractivity contribution is 7.13. The summed E-state index contributed by atoms with van der Waals surface area (Å²) in [6.07, 6.45) is 4.14. The van der Waals surface area contributed by atoms with Gasteiger partial charge in [-0.2, -0.15) is 0 Å². The molecule has 1 fully saturated rings. The molecule has 1 atom stereocenters. The molecule has 130 valence electrons. The molecule has 0 radical (unpaired) electrons. The Labute approximate surface area is 147 Å². The third-order valence-corrected chi connectivity index (χ3v) is 5.23. The molecule has 5 nitrogen and oxygen atoms in total. The second-order valence-electron chi connectivity index (χ2n) is 6.94. The van der Waals surface area contributed by atoms with Crippen molar-refractivity contribution in [3.05, 3.63) is 34.7 Å². The molecule has 0 bridgehead atoms. The molecule has 3 heterocycles. The zero-order chi connectivity index (χ0) is 17.1. The average Bonchev–Trinajstić information content (AvgIpc) is 3.16. The summed E-state index contributed by atoms with van der Waals surface area (Å²) in [5, 5.41) is 5.52. The van der Waals surface area contributed by atoms with Crippen molar-refractivity contribution in [1.29, 1.82) is 0 Å². The van der Waals surface area contributed by atoms with Gasteiger partial charge in [0.2, 0.25) is 0 Å². The molecule has 1 amide bonds. The molecule has 1 aliphatic rings. The van der Waals surface area contributed by atoms with E-state index in [9.17, 15) is 4.79 Å². The molecule has 6 heteroatoms. The van der Waals surface area contributed by atoms with Gasteiger partial charge in [0, 0.05) is 24.0 Å². The third kappa shape index (κ3) is 4.05. The fourth-order valence-corrected chi connectivity index (χ4v) is 3.91.